The Morgan fingerprint density at radius 3 is 2.34 bits per heavy atom. The van der Waals surface area contributed by atoms with Gasteiger partial charge in [-0.2, -0.15) is 5.10 Å². The van der Waals surface area contributed by atoms with Crippen LogP contribution in [0.4, 0.5) is 32.0 Å². The molecule has 35 heavy (non-hydrogen) atoms. The minimum atomic E-state index is -3.32. The van der Waals surface area contributed by atoms with E-state index in [1.54, 1.807) is 0 Å². The lowest BCUT2D eigenvalue weighted by atomic mass is 10.0. The molecule has 3 heterocycles. The fourth-order valence-corrected chi connectivity index (χ4v) is 4.99. The summed E-state index contributed by atoms with van der Waals surface area (Å²) in [6.07, 6.45) is -8.09. The Hall–Kier alpha value is -2.87. The molecule has 4 rings (SSSR count). The molecule has 1 unspecified atom stereocenters. The van der Waals surface area contributed by atoms with E-state index in [4.69, 9.17) is 17.3 Å². The Balaban J connectivity index is 1.80. The number of hydrogen-bond donors (Lipinski definition) is 2. The van der Waals surface area contributed by atoms with Crippen LogP contribution in [-0.4, -0.2) is 26.6 Å². The van der Waals surface area contributed by atoms with Crippen molar-refractivity contribution >= 4 is 50.7 Å². The van der Waals surface area contributed by atoms with Gasteiger partial charge >= 0.3 is 0 Å². The third kappa shape index (κ3) is 4.56. The number of nitrogens with two attached hydrogens (primary N) is 1. The summed E-state index contributed by atoms with van der Waals surface area (Å²) in [5, 5.41) is 5.08. The maximum Gasteiger partial charge on any atom is 0.283 e. The highest BCUT2D eigenvalue weighted by Gasteiger charge is 2.34. The molecule has 188 valence electrons. The minimum Gasteiger partial charge on any atom is -0.365 e. The lowest BCUT2D eigenvalue weighted by Crippen LogP contribution is -2.27. The van der Waals surface area contributed by atoms with Crippen LogP contribution in [0.3, 0.4) is 0 Å². The normalized spacial score (nSPS) is 14.9. The first-order valence-electron chi connectivity index (χ1n) is 10.1. The third-order valence-corrected chi connectivity index (χ3v) is 6.98. The van der Waals surface area contributed by atoms with E-state index in [1.807, 2.05) is 0 Å². The molecule has 1 aliphatic carbocycles. The van der Waals surface area contributed by atoms with Crippen LogP contribution in [0.1, 0.15) is 83.3 Å². The molecule has 2 amide bonds. The molecule has 3 aromatic rings. The highest BCUT2D eigenvalue weighted by atomic mass is 35.5. The monoisotopic (exact) mass is 539 g/mol. The summed E-state index contributed by atoms with van der Waals surface area (Å²) >= 11 is 6.35. The number of nitrogens with one attached hydrogen (secondary N) is 1. The van der Waals surface area contributed by atoms with Gasteiger partial charge in [0.15, 0.2) is 0 Å². The maximum atomic E-state index is 13.5. The number of pyridine rings is 1. The second kappa shape index (κ2) is 9.30. The van der Waals surface area contributed by atoms with Crippen molar-refractivity contribution in [3.63, 3.8) is 0 Å². The van der Waals surface area contributed by atoms with Crippen molar-refractivity contribution in [2.75, 3.05) is 5.32 Å². The number of rotatable bonds is 8. The van der Waals surface area contributed by atoms with Gasteiger partial charge in [0.1, 0.15) is 32.8 Å². The topological polar surface area (TPSA) is 103 Å². The number of carbonyl (C=O) groups is 2. The van der Waals surface area contributed by atoms with Crippen molar-refractivity contribution < 1.29 is 35.9 Å². The first-order valence-corrected chi connectivity index (χ1v) is 11.3. The van der Waals surface area contributed by atoms with Crippen molar-refractivity contribution in [3.8, 4) is 0 Å². The first kappa shape index (κ1) is 25.2. The van der Waals surface area contributed by atoms with E-state index in [1.165, 1.54) is 6.07 Å². The van der Waals surface area contributed by atoms with Crippen LogP contribution in [0.5, 0.6) is 0 Å². The number of nitrogens with zero attached hydrogens (tertiary/aromatic N) is 3. The van der Waals surface area contributed by atoms with Crippen molar-refractivity contribution in [1.82, 2.24) is 14.8 Å². The second-order valence-corrected chi connectivity index (χ2v) is 9.23. The van der Waals surface area contributed by atoms with Crippen LogP contribution in [0.25, 0.3) is 10.2 Å². The number of halogens is 7. The Kier molecular flexibility index (Phi) is 6.70. The molecule has 0 radical (unpaired) electrons. The van der Waals surface area contributed by atoms with Gasteiger partial charge in [0, 0.05) is 5.39 Å². The van der Waals surface area contributed by atoms with Crippen molar-refractivity contribution in [2.45, 2.75) is 51.0 Å². The molecule has 1 fully saturated rings. The summed E-state index contributed by atoms with van der Waals surface area (Å²) in [6, 6.07) is -0.379. The number of amides is 2. The molecule has 0 bridgehead atoms. The van der Waals surface area contributed by atoms with Crippen LogP contribution in [0.15, 0.2) is 6.07 Å². The predicted octanol–water partition coefficient (Wildman–Crippen LogP) is 6.14. The van der Waals surface area contributed by atoms with Crippen molar-refractivity contribution in [1.29, 1.82) is 0 Å². The summed E-state index contributed by atoms with van der Waals surface area (Å²) in [5.74, 6) is -2.09. The highest BCUT2D eigenvalue weighted by molar-refractivity contribution is 7.21. The molecule has 0 spiro atoms. The molecule has 0 aliphatic heterocycles. The summed E-state index contributed by atoms with van der Waals surface area (Å²) in [5.41, 5.74) is 3.06. The fraction of sp³-hybridized carbons (Fsp3) is 0.400. The zero-order chi connectivity index (χ0) is 25.8. The molecule has 1 atom stereocenters. The summed E-state index contributed by atoms with van der Waals surface area (Å²) in [4.78, 5) is 28.8. The Labute approximate surface area is 202 Å². The average molecular weight is 540 g/mol. The molecule has 3 aromatic heterocycles. The standard InChI is InChI=1S/C20H16ClF6N5O2S/c1-5(32-13(17(26)27)10(21)12(31-32)16(24)25)19(34)30-11-9-7(6-2-3-6)4-8(15(22)23)29-20(9)35-14(11)18(28)33/h4-6,15-17H,2-3H2,1H3,(H2,28,33)(H,30,34). The predicted molar refractivity (Wildman–Crippen MR) is 116 cm³/mol. The summed E-state index contributed by atoms with van der Waals surface area (Å²) in [6.45, 7) is 1.12. The van der Waals surface area contributed by atoms with Gasteiger partial charge in [0.25, 0.3) is 25.2 Å². The average Bonchev–Trinajstić information content (AvgIpc) is 3.47. The molecule has 7 nitrogen and oxygen atoms in total. The zero-order valence-electron chi connectivity index (χ0n) is 17.7. The first-order chi connectivity index (χ1) is 16.4. The SMILES string of the molecule is CC(C(=O)Nc1c(C(N)=O)sc2nc(C(F)F)cc(C3CC3)c12)n1nc(C(F)F)c(Cl)c1C(F)F. The van der Waals surface area contributed by atoms with E-state index >= 15 is 0 Å². The number of alkyl halides is 6. The Morgan fingerprint density at radius 1 is 1.17 bits per heavy atom. The zero-order valence-corrected chi connectivity index (χ0v) is 19.2. The number of carbonyl (C=O) groups excluding carboxylic acids is 2. The van der Waals surface area contributed by atoms with Crippen LogP contribution in [-0.2, 0) is 4.79 Å². The van der Waals surface area contributed by atoms with Gasteiger partial charge < -0.3 is 11.1 Å². The molecule has 0 aromatic carbocycles. The van der Waals surface area contributed by atoms with E-state index in [2.05, 4.69) is 15.4 Å². The highest BCUT2D eigenvalue weighted by Crippen LogP contribution is 2.48. The maximum absolute atomic E-state index is 13.5. The number of primary amides is 1. The second-order valence-electron chi connectivity index (χ2n) is 7.86. The van der Waals surface area contributed by atoms with Crippen LogP contribution >= 0.6 is 22.9 Å². The van der Waals surface area contributed by atoms with Crippen LogP contribution in [0.2, 0.25) is 5.02 Å². The Morgan fingerprint density at radius 2 is 1.83 bits per heavy atom. The van der Waals surface area contributed by atoms with E-state index in [9.17, 15) is 35.9 Å². The molecular formula is C20H16ClF6N5O2S. The fourth-order valence-electron chi connectivity index (χ4n) is 3.68. The number of anilines is 1. The van der Waals surface area contributed by atoms with Gasteiger partial charge in [-0.3, -0.25) is 9.59 Å². The number of thiophene rings is 1. The summed E-state index contributed by atoms with van der Waals surface area (Å²) < 4.78 is 80.6. The van der Waals surface area contributed by atoms with Gasteiger partial charge in [0.05, 0.1) is 10.7 Å². The van der Waals surface area contributed by atoms with Crippen LogP contribution in [0, 0.1) is 0 Å². The third-order valence-electron chi connectivity index (χ3n) is 5.50. The van der Waals surface area contributed by atoms with Crippen LogP contribution < -0.4 is 11.1 Å². The largest absolute Gasteiger partial charge is 0.365 e. The molecule has 15 heteroatoms. The summed E-state index contributed by atoms with van der Waals surface area (Å²) in [7, 11) is 0. The van der Waals surface area contributed by atoms with E-state index in [-0.39, 0.29) is 26.7 Å². The van der Waals surface area contributed by atoms with E-state index < -0.39 is 59.2 Å². The van der Waals surface area contributed by atoms with Crippen molar-refractivity contribution in [2.24, 2.45) is 5.73 Å². The smallest absolute Gasteiger partial charge is 0.283 e. The number of aromatic nitrogens is 3. The van der Waals surface area contributed by atoms with E-state index in [0.29, 0.717) is 34.4 Å². The molecular weight excluding hydrogens is 524 g/mol. The molecule has 1 saturated carbocycles. The van der Waals surface area contributed by atoms with Gasteiger partial charge in [-0.1, -0.05) is 11.6 Å². The molecule has 1 aliphatic rings. The number of hydrogen-bond acceptors (Lipinski definition) is 5. The van der Waals surface area contributed by atoms with Gasteiger partial charge in [-0.15, -0.1) is 11.3 Å². The van der Waals surface area contributed by atoms with Gasteiger partial charge in [0.2, 0.25) is 5.91 Å². The van der Waals surface area contributed by atoms with Crippen molar-refractivity contribution in [3.05, 3.63) is 38.6 Å². The van der Waals surface area contributed by atoms with Gasteiger partial charge in [-0.05, 0) is 37.3 Å². The quantitative estimate of drug-likeness (QED) is 0.336. The number of fused-ring (bicyclic) bond motifs is 1. The van der Waals surface area contributed by atoms with Gasteiger partial charge in [-0.25, -0.2) is 36.0 Å². The molecule has 0 saturated heterocycles. The minimum absolute atomic E-state index is 0.0387. The van der Waals surface area contributed by atoms with E-state index in [0.717, 1.165) is 6.92 Å². The lowest BCUT2D eigenvalue weighted by Gasteiger charge is -2.16. The molecule has 3 N–H and O–H groups in total. The Bertz CT molecular complexity index is 1320. The lowest BCUT2D eigenvalue weighted by molar-refractivity contribution is -0.119.